The van der Waals surface area contributed by atoms with Crippen LogP contribution >= 0.6 is 38.9 Å². The minimum atomic E-state index is -4.39. The van der Waals surface area contributed by atoms with E-state index in [1.54, 1.807) is 4.72 Å². The topological polar surface area (TPSA) is 83.5 Å². The number of hydrogen-bond donors (Lipinski definition) is 2. The van der Waals surface area contributed by atoms with Gasteiger partial charge in [0.2, 0.25) is 0 Å². The number of anilines is 1. The van der Waals surface area contributed by atoms with Gasteiger partial charge in [-0.05, 0) is 6.07 Å². The van der Waals surface area contributed by atoms with E-state index in [2.05, 4.69) is 15.9 Å². The first-order valence-corrected chi connectivity index (χ1v) is 7.23. The van der Waals surface area contributed by atoms with Gasteiger partial charge >= 0.3 is 10.3 Å². The highest BCUT2D eigenvalue weighted by molar-refractivity contribution is 9.09. The molecule has 1 aromatic heterocycles. The molecule has 0 saturated carbocycles. The number of alkyl halides is 1. The van der Waals surface area contributed by atoms with Crippen LogP contribution in [0.15, 0.2) is 6.07 Å². The summed E-state index contributed by atoms with van der Waals surface area (Å²) in [7, 11) is -4.39. The van der Waals surface area contributed by atoms with Gasteiger partial charge in [-0.1, -0.05) is 27.5 Å². The van der Waals surface area contributed by atoms with Crippen LogP contribution in [0, 0.1) is 0 Å². The predicted octanol–water partition coefficient (Wildman–Crippen LogP) is 2.19. The van der Waals surface area contributed by atoms with E-state index in [1.807, 2.05) is 0 Å². The first kappa shape index (κ1) is 12.9. The van der Waals surface area contributed by atoms with Crippen LogP contribution in [0.1, 0.15) is 10.4 Å². The molecule has 0 aromatic carbocycles. The zero-order valence-corrected chi connectivity index (χ0v) is 11.0. The zero-order valence-electron chi connectivity index (χ0n) is 7.03. The summed E-state index contributed by atoms with van der Waals surface area (Å²) < 4.78 is 31.7. The molecule has 0 unspecified atom stereocenters. The van der Waals surface area contributed by atoms with Gasteiger partial charge in [0, 0.05) is 0 Å². The van der Waals surface area contributed by atoms with Gasteiger partial charge in [0.05, 0.1) is 15.2 Å². The Morgan fingerprint density at radius 2 is 2.27 bits per heavy atom. The lowest BCUT2D eigenvalue weighted by Gasteiger charge is -2.01. The van der Waals surface area contributed by atoms with Crippen molar-refractivity contribution in [2.24, 2.45) is 0 Å². The lowest BCUT2D eigenvalue weighted by Crippen LogP contribution is -2.12. The maximum Gasteiger partial charge on any atom is 0.358 e. The Morgan fingerprint density at radius 1 is 1.67 bits per heavy atom. The van der Waals surface area contributed by atoms with Gasteiger partial charge in [0.25, 0.3) is 0 Å². The molecule has 0 spiro atoms. The van der Waals surface area contributed by atoms with Crippen molar-refractivity contribution in [2.45, 2.75) is 0 Å². The average Bonchev–Trinajstić information content (AvgIpc) is 2.42. The molecular formula is C6H5BrClNO4S2. The van der Waals surface area contributed by atoms with Crippen molar-refractivity contribution in [1.82, 2.24) is 0 Å². The molecule has 84 valence electrons. The first-order chi connectivity index (χ1) is 6.83. The largest absolute Gasteiger partial charge is 0.358 e. The summed E-state index contributed by atoms with van der Waals surface area (Å²) in [6.45, 7) is 0. The predicted molar refractivity (Wildman–Crippen MR) is 62.6 cm³/mol. The number of thiophene rings is 1. The maximum absolute atomic E-state index is 11.3. The Hall–Kier alpha value is -0.150. The van der Waals surface area contributed by atoms with Crippen LogP contribution in [0.4, 0.5) is 5.00 Å². The summed E-state index contributed by atoms with van der Waals surface area (Å²) in [5.74, 6) is -0.329. The van der Waals surface area contributed by atoms with Crippen molar-refractivity contribution in [2.75, 3.05) is 10.1 Å². The summed E-state index contributed by atoms with van der Waals surface area (Å²) in [4.78, 5) is 11.3. The molecule has 0 bridgehead atoms. The summed E-state index contributed by atoms with van der Waals surface area (Å²) in [5.41, 5.74) is 0.125. The lowest BCUT2D eigenvalue weighted by molar-refractivity contribution is 0.102. The van der Waals surface area contributed by atoms with Crippen molar-refractivity contribution < 1.29 is 17.8 Å². The Bertz CT molecular complexity index is 483. The third-order valence-corrected chi connectivity index (χ3v) is 3.63. The molecule has 2 N–H and O–H groups in total. The number of carbonyl (C=O) groups excluding carboxylic acids is 1. The van der Waals surface area contributed by atoms with Gasteiger partial charge in [-0.2, -0.15) is 8.42 Å². The fourth-order valence-electron chi connectivity index (χ4n) is 0.833. The summed E-state index contributed by atoms with van der Waals surface area (Å²) in [5, 5.41) is 0.0483. The lowest BCUT2D eigenvalue weighted by atomic mass is 10.2. The van der Waals surface area contributed by atoms with E-state index in [-0.39, 0.29) is 26.0 Å². The summed E-state index contributed by atoms with van der Waals surface area (Å²) in [6.07, 6.45) is 0. The fourth-order valence-corrected chi connectivity index (χ4v) is 2.96. The standard InChI is InChI=1S/C6H5BrClNO4S2/c7-2-4(10)3-1-5(8)14-6(3)9-15(11,12)13/h1,9H,2H2,(H,11,12,13). The van der Waals surface area contributed by atoms with Crippen LogP contribution in [0.25, 0.3) is 0 Å². The normalized spacial score (nSPS) is 11.4. The van der Waals surface area contributed by atoms with E-state index >= 15 is 0 Å². The van der Waals surface area contributed by atoms with Crippen LogP contribution in [0.5, 0.6) is 0 Å². The van der Waals surface area contributed by atoms with Crippen LogP contribution in [0.2, 0.25) is 4.34 Å². The highest BCUT2D eigenvalue weighted by atomic mass is 79.9. The molecule has 0 saturated heterocycles. The number of carbonyl (C=O) groups is 1. The number of halogens is 2. The van der Waals surface area contributed by atoms with Crippen molar-refractivity contribution in [3.05, 3.63) is 16.0 Å². The van der Waals surface area contributed by atoms with E-state index in [4.69, 9.17) is 16.2 Å². The van der Waals surface area contributed by atoms with Crippen molar-refractivity contribution in [3.63, 3.8) is 0 Å². The molecule has 0 radical (unpaired) electrons. The van der Waals surface area contributed by atoms with Crippen LogP contribution in [-0.4, -0.2) is 24.1 Å². The molecule has 0 aliphatic rings. The monoisotopic (exact) mass is 333 g/mol. The van der Waals surface area contributed by atoms with E-state index in [9.17, 15) is 13.2 Å². The second-order valence-corrected chi connectivity index (χ2v) is 5.83. The van der Waals surface area contributed by atoms with Crippen LogP contribution in [-0.2, 0) is 10.3 Å². The molecule has 1 heterocycles. The zero-order chi connectivity index (χ0) is 11.6. The first-order valence-electron chi connectivity index (χ1n) is 3.47. The summed E-state index contributed by atoms with van der Waals surface area (Å²) in [6, 6.07) is 1.34. The molecule has 15 heavy (non-hydrogen) atoms. The third-order valence-electron chi connectivity index (χ3n) is 1.35. The minimum absolute atomic E-state index is 0.00644. The third kappa shape index (κ3) is 3.72. The SMILES string of the molecule is O=C(CBr)c1cc(Cl)sc1NS(=O)(=O)O. The van der Waals surface area contributed by atoms with Gasteiger partial charge in [0.1, 0.15) is 5.00 Å². The number of ketones is 1. The van der Waals surface area contributed by atoms with E-state index in [0.717, 1.165) is 11.3 Å². The molecule has 0 fully saturated rings. The molecule has 1 rings (SSSR count). The Kier molecular flexibility index (Phi) is 4.13. The van der Waals surface area contributed by atoms with E-state index in [1.165, 1.54) is 6.07 Å². The van der Waals surface area contributed by atoms with Crippen molar-refractivity contribution >= 4 is 60.0 Å². The second kappa shape index (κ2) is 4.79. The Balaban J connectivity index is 3.12. The minimum Gasteiger partial charge on any atom is -0.293 e. The smallest absolute Gasteiger partial charge is 0.293 e. The van der Waals surface area contributed by atoms with Gasteiger partial charge in [0.15, 0.2) is 5.78 Å². The highest BCUT2D eigenvalue weighted by Gasteiger charge is 2.17. The van der Waals surface area contributed by atoms with Gasteiger partial charge in [-0.3, -0.25) is 14.1 Å². The van der Waals surface area contributed by atoms with Gasteiger partial charge in [-0.25, -0.2) is 0 Å². The second-order valence-electron chi connectivity index (χ2n) is 2.43. The molecular weight excluding hydrogens is 330 g/mol. The number of hydrogen-bond acceptors (Lipinski definition) is 4. The number of rotatable bonds is 4. The van der Waals surface area contributed by atoms with Crippen LogP contribution < -0.4 is 4.72 Å². The van der Waals surface area contributed by atoms with Crippen molar-refractivity contribution in [3.8, 4) is 0 Å². The van der Waals surface area contributed by atoms with Gasteiger partial charge < -0.3 is 0 Å². The number of nitrogens with one attached hydrogen (secondary N) is 1. The highest BCUT2D eigenvalue weighted by Crippen LogP contribution is 2.32. The average molecular weight is 335 g/mol. The fraction of sp³-hybridized carbons (Fsp3) is 0.167. The molecule has 0 amide bonds. The molecule has 0 atom stereocenters. The molecule has 0 aliphatic heterocycles. The maximum atomic E-state index is 11.3. The Labute approximate surface area is 103 Å². The molecule has 9 heteroatoms. The van der Waals surface area contributed by atoms with Gasteiger partial charge in [-0.15, -0.1) is 11.3 Å². The van der Waals surface area contributed by atoms with E-state index in [0.29, 0.717) is 0 Å². The van der Waals surface area contributed by atoms with Crippen LogP contribution in [0.3, 0.4) is 0 Å². The molecule has 1 aromatic rings. The quantitative estimate of drug-likeness (QED) is 0.502. The van der Waals surface area contributed by atoms with E-state index < -0.39 is 10.3 Å². The van der Waals surface area contributed by atoms with Crippen molar-refractivity contribution in [1.29, 1.82) is 0 Å². The number of Topliss-reactive ketones (excluding diaryl/α,β-unsaturated/α-hetero) is 1. The molecule has 0 aliphatic carbocycles. The molecule has 5 nitrogen and oxygen atoms in total. The Morgan fingerprint density at radius 3 is 2.73 bits per heavy atom. The summed E-state index contributed by atoms with van der Waals surface area (Å²) >= 11 is 9.44.